The molecule has 4 rings (SSSR count). The Morgan fingerprint density at radius 3 is 1.85 bits per heavy atom. The Bertz CT molecular complexity index is 945. The summed E-state index contributed by atoms with van der Waals surface area (Å²) in [6.07, 6.45) is 2.40. The van der Waals surface area contributed by atoms with Gasteiger partial charge in [0.15, 0.2) is 23.1 Å². The van der Waals surface area contributed by atoms with E-state index in [9.17, 15) is 4.79 Å². The number of nitrogens with zero attached hydrogens (tertiary/aromatic N) is 5. The Hall–Kier alpha value is -3.43. The van der Waals surface area contributed by atoms with Gasteiger partial charge in [-0.2, -0.15) is 0 Å². The lowest BCUT2D eigenvalue weighted by molar-refractivity contribution is 0.208. The molecule has 10 nitrogen and oxygen atoms in total. The second-order valence-electron chi connectivity index (χ2n) is 8.74. The van der Waals surface area contributed by atoms with E-state index in [-0.39, 0.29) is 6.03 Å². The molecule has 0 radical (unpaired) electrons. The number of methoxy groups -OCH3 is 3. The van der Waals surface area contributed by atoms with Gasteiger partial charge in [-0.15, -0.1) is 10.2 Å². The molecule has 1 aromatic carbocycles. The number of anilines is 3. The Kier molecular flexibility index (Phi) is 7.44. The largest absolute Gasteiger partial charge is 0.493 e. The first-order valence-corrected chi connectivity index (χ1v) is 11.7. The van der Waals surface area contributed by atoms with Gasteiger partial charge in [-0.25, -0.2) is 4.79 Å². The molecule has 1 N–H and O–H groups in total. The summed E-state index contributed by atoms with van der Waals surface area (Å²) < 4.78 is 16.1. The molecule has 10 heteroatoms. The van der Waals surface area contributed by atoms with Gasteiger partial charge in [-0.1, -0.05) is 6.92 Å². The molecule has 0 atom stereocenters. The molecule has 1 aromatic heterocycles. The summed E-state index contributed by atoms with van der Waals surface area (Å²) in [6.45, 7) is 6.93. The normalized spacial score (nSPS) is 16.9. The van der Waals surface area contributed by atoms with Crippen molar-refractivity contribution in [3.63, 3.8) is 0 Å². The minimum atomic E-state index is -0.172. The van der Waals surface area contributed by atoms with Crippen LogP contribution in [0.1, 0.15) is 19.8 Å². The molecular weight excluding hydrogens is 436 g/mol. The van der Waals surface area contributed by atoms with Crippen molar-refractivity contribution in [3.8, 4) is 17.2 Å². The number of carbonyl (C=O) groups excluding carboxylic acids is 1. The zero-order valence-corrected chi connectivity index (χ0v) is 20.4. The number of nitrogens with one attached hydrogen (secondary N) is 1. The number of piperidine rings is 1. The first-order chi connectivity index (χ1) is 16.5. The highest BCUT2D eigenvalue weighted by Gasteiger charge is 2.24. The molecule has 0 unspecified atom stereocenters. The summed E-state index contributed by atoms with van der Waals surface area (Å²) in [5.41, 5.74) is 0.579. The molecule has 2 aliphatic heterocycles. The summed E-state index contributed by atoms with van der Waals surface area (Å²) >= 11 is 0. The Morgan fingerprint density at radius 2 is 1.38 bits per heavy atom. The quantitative estimate of drug-likeness (QED) is 0.689. The van der Waals surface area contributed by atoms with Crippen molar-refractivity contribution in [3.05, 3.63) is 24.3 Å². The summed E-state index contributed by atoms with van der Waals surface area (Å²) in [4.78, 5) is 19.1. The maximum Gasteiger partial charge on any atom is 0.321 e. The number of piperazine rings is 1. The van der Waals surface area contributed by atoms with Crippen molar-refractivity contribution in [1.82, 2.24) is 15.1 Å². The average Bonchev–Trinajstić information content (AvgIpc) is 2.88. The summed E-state index contributed by atoms with van der Waals surface area (Å²) in [5, 5.41) is 11.9. The standard InChI is InChI=1S/C24H34N6O4/c1-17-7-9-28(10-8-17)21-5-6-22(27-26-21)29-11-13-30(14-12-29)24(31)25-18-15-19(32-2)23(34-4)20(16-18)33-3/h5-6,15-17H,7-14H2,1-4H3,(H,25,31). The van der Waals surface area contributed by atoms with Gasteiger partial charge < -0.3 is 34.2 Å². The number of carbonyl (C=O) groups is 1. The summed E-state index contributed by atoms with van der Waals surface area (Å²) in [6, 6.07) is 7.36. The van der Waals surface area contributed by atoms with Crippen LogP contribution in [-0.4, -0.2) is 81.7 Å². The van der Waals surface area contributed by atoms with Gasteiger partial charge in [-0.3, -0.25) is 0 Å². The van der Waals surface area contributed by atoms with Gasteiger partial charge in [0.25, 0.3) is 0 Å². The van der Waals surface area contributed by atoms with Gasteiger partial charge in [0.05, 0.1) is 27.0 Å². The molecule has 0 saturated carbocycles. The second-order valence-corrected chi connectivity index (χ2v) is 8.74. The minimum Gasteiger partial charge on any atom is -0.493 e. The van der Waals surface area contributed by atoms with Crippen molar-refractivity contribution in [1.29, 1.82) is 0 Å². The molecule has 2 aromatic rings. The van der Waals surface area contributed by atoms with Crippen LogP contribution < -0.4 is 29.3 Å². The predicted octanol–water partition coefficient (Wildman–Crippen LogP) is 3.09. The van der Waals surface area contributed by atoms with E-state index in [0.29, 0.717) is 49.1 Å². The number of ether oxygens (including phenoxy) is 3. The number of amides is 2. The highest BCUT2D eigenvalue weighted by Crippen LogP contribution is 2.40. The number of hydrogen-bond donors (Lipinski definition) is 1. The van der Waals surface area contributed by atoms with Crippen LogP contribution in [0, 0.1) is 5.92 Å². The maximum absolute atomic E-state index is 12.9. The van der Waals surface area contributed by atoms with Crippen molar-refractivity contribution in [2.24, 2.45) is 5.92 Å². The van der Waals surface area contributed by atoms with E-state index in [1.165, 1.54) is 12.8 Å². The fraction of sp³-hybridized carbons (Fsp3) is 0.542. The second kappa shape index (κ2) is 10.7. The molecule has 2 amide bonds. The molecule has 0 spiro atoms. The monoisotopic (exact) mass is 470 g/mol. The van der Waals surface area contributed by atoms with E-state index in [0.717, 1.165) is 30.6 Å². The van der Waals surface area contributed by atoms with Crippen molar-refractivity contribution < 1.29 is 19.0 Å². The SMILES string of the molecule is COc1cc(NC(=O)N2CCN(c3ccc(N4CCC(C)CC4)nn3)CC2)cc(OC)c1OC. The summed E-state index contributed by atoms with van der Waals surface area (Å²) in [7, 11) is 4.64. The van der Waals surface area contributed by atoms with Crippen LogP contribution in [0.15, 0.2) is 24.3 Å². The third-order valence-corrected chi connectivity index (χ3v) is 6.55. The van der Waals surface area contributed by atoms with Gasteiger partial charge in [0.1, 0.15) is 0 Å². The molecule has 0 aliphatic carbocycles. The number of urea groups is 1. The lowest BCUT2D eigenvalue weighted by Crippen LogP contribution is -2.50. The molecule has 3 heterocycles. The molecule has 2 fully saturated rings. The van der Waals surface area contributed by atoms with E-state index >= 15 is 0 Å². The van der Waals surface area contributed by atoms with Crippen LogP contribution in [0.2, 0.25) is 0 Å². The zero-order valence-electron chi connectivity index (χ0n) is 20.4. The van der Waals surface area contributed by atoms with Gasteiger partial charge in [0.2, 0.25) is 5.75 Å². The summed E-state index contributed by atoms with van der Waals surface area (Å²) in [5.74, 6) is 4.04. The van der Waals surface area contributed by atoms with Crippen LogP contribution in [0.25, 0.3) is 0 Å². The van der Waals surface area contributed by atoms with Crippen molar-refractivity contribution in [2.75, 3.05) is 75.7 Å². The zero-order chi connectivity index (χ0) is 24.1. The van der Waals surface area contributed by atoms with Crippen LogP contribution in [-0.2, 0) is 0 Å². The first kappa shape index (κ1) is 23.7. The van der Waals surface area contributed by atoms with Crippen LogP contribution in [0.4, 0.5) is 22.1 Å². The fourth-order valence-electron chi connectivity index (χ4n) is 4.39. The molecular formula is C24H34N6O4. The van der Waals surface area contributed by atoms with E-state index in [2.05, 4.69) is 38.3 Å². The van der Waals surface area contributed by atoms with E-state index in [4.69, 9.17) is 14.2 Å². The third-order valence-electron chi connectivity index (χ3n) is 6.55. The molecule has 2 aliphatic rings. The average molecular weight is 471 g/mol. The highest BCUT2D eigenvalue weighted by molar-refractivity contribution is 5.90. The molecule has 0 bridgehead atoms. The van der Waals surface area contributed by atoms with Gasteiger partial charge in [0, 0.05) is 51.4 Å². The number of rotatable bonds is 6. The van der Waals surface area contributed by atoms with E-state index in [1.54, 1.807) is 38.4 Å². The fourth-order valence-corrected chi connectivity index (χ4v) is 4.39. The predicted molar refractivity (Wildman–Crippen MR) is 132 cm³/mol. The van der Waals surface area contributed by atoms with Crippen LogP contribution >= 0.6 is 0 Å². The van der Waals surface area contributed by atoms with Crippen molar-refractivity contribution in [2.45, 2.75) is 19.8 Å². The highest BCUT2D eigenvalue weighted by atomic mass is 16.5. The van der Waals surface area contributed by atoms with Crippen LogP contribution in [0.5, 0.6) is 17.2 Å². The number of aromatic nitrogens is 2. The lowest BCUT2D eigenvalue weighted by atomic mass is 9.99. The number of hydrogen-bond acceptors (Lipinski definition) is 8. The van der Waals surface area contributed by atoms with Gasteiger partial charge >= 0.3 is 6.03 Å². The Morgan fingerprint density at radius 1 is 0.853 bits per heavy atom. The Balaban J connectivity index is 1.32. The van der Waals surface area contributed by atoms with Crippen molar-refractivity contribution >= 4 is 23.4 Å². The molecule has 34 heavy (non-hydrogen) atoms. The first-order valence-electron chi connectivity index (χ1n) is 11.7. The topological polar surface area (TPSA) is 92.3 Å². The smallest absolute Gasteiger partial charge is 0.321 e. The third kappa shape index (κ3) is 5.21. The minimum absolute atomic E-state index is 0.172. The number of benzene rings is 1. The molecule has 2 saturated heterocycles. The lowest BCUT2D eigenvalue weighted by Gasteiger charge is -2.35. The Labute approximate surface area is 200 Å². The van der Waals surface area contributed by atoms with Crippen LogP contribution in [0.3, 0.4) is 0 Å². The van der Waals surface area contributed by atoms with E-state index < -0.39 is 0 Å². The molecule has 184 valence electrons. The van der Waals surface area contributed by atoms with Gasteiger partial charge in [-0.05, 0) is 30.9 Å². The van der Waals surface area contributed by atoms with E-state index in [1.807, 2.05) is 6.07 Å². The maximum atomic E-state index is 12.9.